The van der Waals surface area contributed by atoms with E-state index in [1.54, 1.807) is 13.0 Å². The van der Waals surface area contributed by atoms with Crippen LogP contribution in [0.1, 0.15) is 28.4 Å². The summed E-state index contributed by atoms with van der Waals surface area (Å²) < 4.78 is 4.94. The Labute approximate surface area is 84.2 Å². The number of benzene rings is 1. The number of ether oxygens (including phenoxy) is 1. The molecule has 0 saturated carbocycles. The Kier molecular flexibility index (Phi) is 3.46. The van der Waals surface area contributed by atoms with Gasteiger partial charge in [0, 0.05) is 0 Å². The molecule has 0 atom stereocenters. The number of aryl methyl sites for hydroxylation is 1. The Morgan fingerprint density at radius 2 is 2.29 bits per heavy atom. The van der Waals surface area contributed by atoms with Gasteiger partial charge in [0.05, 0.1) is 12.2 Å². The van der Waals surface area contributed by atoms with Crippen LogP contribution in [-0.2, 0) is 4.74 Å². The Bertz CT molecular complexity index is 353. The van der Waals surface area contributed by atoms with Gasteiger partial charge in [-0.1, -0.05) is 30.4 Å². The summed E-state index contributed by atoms with van der Waals surface area (Å²) in [7, 11) is 0. The Balaban J connectivity index is 3.10. The van der Waals surface area contributed by atoms with E-state index in [1.807, 2.05) is 25.1 Å². The predicted octanol–water partition coefficient (Wildman–Crippen LogP) is 2.81. The maximum atomic E-state index is 11.5. The summed E-state index contributed by atoms with van der Waals surface area (Å²) >= 11 is 0. The molecule has 2 nitrogen and oxygen atoms in total. The van der Waals surface area contributed by atoms with Crippen molar-refractivity contribution >= 4 is 12.0 Å². The van der Waals surface area contributed by atoms with Gasteiger partial charge in [0.25, 0.3) is 0 Å². The lowest BCUT2D eigenvalue weighted by Crippen LogP contribution is -2.06. The normalized spacial score (nSPS) is 9.57. The first-order valence-electron chi connectivity index (χ1n) is 4.59. The molecule has 0 fully saturated rings. The van der Waals surface area contributed by atoms with Gasteiger partial charge >= 0.3 is 5.97 Å². The Morgan fingerprint density at radius 3 is 2.86 bits per heavy atom. The van der Waals surface area contributed by atoms with Crippen LogP contribution < -0.4 is 0 Å². The summed E-state index contributed by atoms with van der Waals surface area (Å²) in [5.41, 5.74) is 2.44. The number of carbonyl (C=O) groups is 1. The molecule has 0 aliphatic carbocycles. The van der Waals surface area contributed by atoms with Gasteiger partial charge in [0.1, 0.15) is 0 Å². The van der Waals surface area contributed by atoms with Gasteiger partial charge in [0.2, 0.25) is 0 Å². The number of rotatable bonds is 3. The van der Waals surface area contributed by atoms with Gasteiger partial charge < -0.3 is 4.74 Å². The van der Waals surface area contributed by atoms with Gasteiger partial charge in [-0.25, -0.2) is 4.79 Å². The average molecular weight is 190 g/mol. The number of carbonyl (C=O) groups excluding carboxylic acids is 1. The molecular weight excluding hydrogens is 176 g/mol. The zero-order valence-electron chi connectivity index (χ0n) is 8.54. The van der Waals surface area contributed by atoms with Crippen LogP contribution in [0.15, 0.2) is 24.8 Å². The van der Waals surface area contributed by atoms with Crippen molar-refractivity contribution in [1.29, 1.82) is 0 Å². The minimum Gasteiger partial charge on any atom is -0.462 e. The third-order valence-corrected chi connectivity index (χ3v) is 1.92. The molecule has 74 valence electrons. The van der Waals surface area contributed by atoms with E-state index in [1.165, 1.54) is 0 Å². The molecule has 14 heavy (non-hydrogen) atoms. The number of hydrogen-bond acceptors (Lipinski definition) is 2. The van der Waals surface area contributed by atoms with Crippen molar-refractivity contribution in [3.8, 4) is 0 Å². The van der Waals surface area contributed by atoms with Crippen molar-refractivity contribution < 1.29 is 9.53 Å². The van der Waals surface area contributed by atoms with E-state index in [0.29, 0.717) is 12.2 Å². The first-order valence-corrected chi connectivity index (χ1v) is 4.59. The SMILES string of the molecule is C=Cc1ccc(C)cc1C(=O)OCC. The fourth-order valence-electron chi connectivity index (χ4n) is 1.23. The molecule has 0 aliphatic heterocycles. The highest BCUT2D eigenvalue weighted by Gasteiger charge is 2.10. The zero-order chi connectivity index (χ0) is 10.6. The van der Waals surface area contributed by atoms with E-state index >= 15 is 0 Å². The van der Waals surface area contributed by atoms with Crippen LogP contribution in [0.4, 0.5) is 0 Å². The van der Waals surface area contributed by atoms with Gasteiger partial charge in [-0.2, -0.15) is 0 Å². The third-order valence-electron chi connectivity index (χ3n) is 1.92. The average Bonchev–Trinajstić information content (AvgIpc) is 2.18. The lowest BCUT2D eigenvalue weighted by Gasteiger charge is -2.06. The summed E-state index contributed by atoms with van der Waals surface area (Å²) in [6.07, 6.45) is 1.66. The second-order valence-corrected chi connectivity index (χ2v) is 3.02. The second kappa shape index (κ2) is 4.61. The molecule has 0 N–H and O–H groups in total. The molecule has 1 aromatic rings. The maximum absolute atomic E-state index is 11.5. The summed E-state index contributed by atoms with van der Waals surface area (Å²) in [4.78, 5) is 11.5. The smallest absolute Gasteiger partial charge is 0.338 e. The van der Waals surface area contributed by atoms with Gasteiger partial charge in [0.15, 0.2) is 0 Å². The van der Waals surface area contributed by atoms with Crippen LogP contribution in [-0.4, -0.2) is 12.6 Å². The summed E-state index contributed by atoms with van der Waals surface area (Å²) in [5, 5.41) is 0. The summed E-state index contributed by atoms with van der Waals surface area (Å²) in [6.45, 7) is 7.78. The van der Waals surface area contributed by atoms with E-state index in [2.05, 4.69) is 6.58 Å². The second-order valence-electron chi connectivity index (χ2n) is 3.02. The highest BCUT2D eigenvalue weighted by Crippen LogP contribution is 2.14. The number of esters is 1. The molecule has 1 aromatic carbocycles. The fourth-order valence-corrected chi connectivity index (χ4v) is 1.23. The van der Waals surface area contributed by atoms with Crippen LogP contribution in [0.2, 0.25) is 0 Å². The summed E-state index contributed by atoms with van der Waals surface area (Å²) in [6, 6.07) is 5.63. The predicted molar refractivity (Wildman–Crippen MR) is 57.2 cm³/mol. The molecule has 0 aromatic heterocycles. The van der Waals surface area contributed by atoms with E-state index in [-0.39, 0.29) is 5.97 Å². The molecular formula is C12H14O2. The molecule has 0 bridgehead atoms. The van der Waals surface area contributed by atoms with Crippen molar-refractivity contribution in [2.24, 2.45) is 0 Å². The third kappa shape index (κ3) is 2.22. The molecule has 1 rings (SSSR count). The molecule has 0 aliphatic rings. The van der Waals surface area contributed by atoms with Gasteiger partial charge in [-0.3, -0.25) is 0 Å². The molecule has 0 radical (unpaired) electrons. The van der Waals surface area contributed by atoms with Crippen molar-refractivity contribution in [1.82, 2.24) is 0 Å². The van der Waals surface area contributed by atoms with E-state index < -0.39 is 0 Å². The van der Waals surface area contributed by atoms with Crippen molar-refractivity contribution in [3.63, 3.8) is 0 Å². The molecule has 0 saturated heterocycles. The Morgan fingerprint density at radius 1 is 1.57 bits per heavy atom. The minimum atomic E-state index is -0.286. The van der Waals surface area contributed by atoms with Gasteiger partial charge in [-0.15, -0.1) is 0 Å². The highest BCUT2D eigenvalue weighted by atomic mass is 16.5. The lowest BCUT2D eigenvalue weighted by atomic mass is 10.0. The highest BCUT2D eigenvalue weighted by molar-refractivity contribution is 5.93. The van der Waals surface area contributed by atoms with E-state index in [9.17, 15) is 4.79 Å². The first-order chi connectivity index (χ1) is 6.69. The molecule has 0 spiro atoms. The zero-order valence-corrected chi connectivity index (χ0v) is 8.54. The molecule has 0 amide bonds. The molecule has 0 heterocycles. The van der Waals surface area contributed by atoms with Crippen molar-refractivity contribution in [2.45, 2.75) is 13.8 Å². The standard InChI is InChI=1S/C12H14O2/c1-4-10-7-6-9(3)8-11(10)12(13)14-5-2/h4,6-8H,1,5H2,2-3H3. The quantitative estimate of drug-likeness (QED) is 0.685. The van der Waals surface area contributed by atoms with E-state index in [0.717, 1.165) is 11.1 Å². The minimum absolute atomic E-state index is 0.286. The van der Waals surface area contributed by atoms with Crippen molar-refractivity contribution in [3.05, 3.63) is 41.5 Å². The van der Waals surface area contributed by atoms with E-state index in [4.69, 9.17) is 4.74 Å². The largest absolute Gasteiger partial charge is 0.462 e. The number of hydrogen-bond donors (Lipinski definition) is 0. The summed E-state index contributed by atoms with van der Waals surface area (Å²) in [5.74, 6) is -0.286. The van der Waals surface area contributed by atoms with Crippen LogP contribution in [0.5, 0.6) is 0 Å². The van der Waals surface area contributed by atoms with Crippen LogP contribution in [0.25, 0.3) is 6.08 Å². The maximum Gasteiger partial charge on any atom is 0.338 e. The molecule has 0 unspecified atom stereocenters. The monoisotopic (exact) mass is 190 g/mol. The molecule has 2 heteroatoms. The fraction of sp³-hybridized carbons (Fsp3) is 0.250. The first kappa shape index (κ1) is 10.5. The van der Waals surface area contributed by atoms with Crippen LogP contribution in [0, 0.1) is 6.92 Å². The van der Waals surface area contributed by atoms with Crippen LogP contribution in [0.3, 0.4) is 0 Å². The topological polar surface area (TPSA) is 26.3 Å². The van der Waals surface area contributed by atoms with Crippen LogP contribution >= 0.6 is 0 Å². The van der Waals surface area contributed by atoms with Crippen molar-refractivity contribution in [2.75, 3.05) is 6.61 Å². The Hall–Kier alpha value is -1.57. The van der Waals surface area contributed by atoms with Gasteiger partial charge in [-0.05, 0) is 25.5 Å². The lowest BCUT2D eigenvalue weighted by molar-refractivity contribution is 0.0526.